The summed E-state index contributed by atoms with van der Waals surface area (Å²) in [5.41, 5.74) is 4.76. The highest BCUT2D eigenvalue weighted by Crippen LogP contribution is 2.31. The van der Waals surface area contributed by atoms with Crippen molar-refractivity contribution in [2.45, 2.75) is 12.7 Å². The van der Waals surface area contributed by atoms with E-state index in [0.717, 1.165) is 12.1 Å². The topological polar surface area (TPSA) is 52.0 Å². The Labute approximate surface area is 82.6 Å². The van der Waals surface area contributed by atoms with Gasteiger partial charge in [-0.25, -0.2) is 0 Å². The van der Waals surface area contributed by atoms with E-state index in [9.17, 15) is 13.2 Å². The monoisotopic (exact) mass is 216 g/mol. The van der Waals surface area contributed by atoms with Crippen LogP contribution in [0.25, 0.3) is 10.9 Å². The number of aromatic nitrogens is 1. The van der Waals surface area contributed by atoms with Gasteiger partial charge in [0.25, 0.3) is 0 Å². The summed E-state index contributed by atoms with van der Waals surface area (Å²) in [7, 11) is 0. The summed E-state index contributed by atoms with van der Waals surface area (Å²) in [6, 6.07) is 3.24. The Morgan fingerprint density at radius 2 is 2.07 bits per heavy atom. The van der Waals surface area contributed by atoms with Gasteiger partial charge < -0.3 is 10.3 Å². The van der Waals surface area contributed by atoms with E-state index in [4.69, 9.17) is 10.3 Å². The van der Waals surface area contributed by atoms with E-state index >= 15 is 0 Å². The van der Waals surface area contributed by atoms with Crippen LogP contribution >= 0.6 is 0 Å². The first-order valence-electron chi connectivity index (χ1n) is 4.18. The van der Waals surface area contributed by atoms with Crippen LogP contribution < -0.4 is 5.73 Å². The number of nitrogens with two attached hydrogens (primary N) is 1. The second kappa shape index (κ2) is 3.23. The molecule has 0 spiro atoms. The first-order chi connectivity index (χ1) is 7.02. The van der Waals surface area contributed by atoms with Gasteiger partial charge in [-0.15, -0.1) is 0 Å². The van der Waals surface area contributed by atoms with Crippen molar-refractivity contribution in [3.8, 4) is 0 Å². The Morgan fingerprint density at radius 3 is 2.67 bits per heavy atom. The molecule has 15 heavy (non-hydrogen) atoms. The van der Waals surface area contributed by atoms with Gasteiger partial charge in [-0.05, 0) is 18.2 Å². The third-order valence-electron chi connectivity index (χ3n) is 2.07. The maximum Gasteiger partial charge on any atom is 0.416 e. The number of nitrogens with zero attached hydrogens (tertiary/aromatic N) is 1. The van der Waals surface area contributed by atoms with Gasteiger partial charge in [0.2, 0.25) is 0 Å². The summed E-state index contributed by atoms with van der Waals surface area (Å²) in [6.07, 6.45) is -4.37. The Morgan fingerprint density at radius 1 is 1.33 bits per heavy atom. The van der Waals surface area contributed by atoms with Crippen molar-refractivity contribution in [1.29, 1.82) is 0 Å². The third kappa shape index (κ3) is 1.68. The highest BCUT2D eigenvalue weighted by molar-refractivity contribution is 5.81. The number of rotatable bonds is 1. The highest BCUT2D eigenvalue weighted by atomic mass is 19.4. The van der Waals surface area contributed by atoms with Gasteiger partial charge in [-0.3, -0.25) is 0 Å². The van der Waals surface area contributed by atoms with Crippen LogP contribution in [0.5, 0.6) is 0 Å². The molecule has 2 rings (SSSR count). The molecule has 6 heteroatoms. The second-order valence-corrected chi connectivity index (χ2v) is 3.04. The van der Waals surface area contributed by atoms with Crippen molar-refractivity contribution in [2.75, 3.05) is 0 Å². The zero-order valence-electron chi connectivity index (χ0n) is 7.51. The predicted octanol–water partition coefficient (Wildman–Crippen LogP) is 2.31. The van der Waals surface area contributed by atoms with E-state index in [-0.39, 0.29) is 12.1 Å². The number of hydrogen-bond donors (Lipinski definition) is 1. The maximum absolute atomic E-state index is 12.3. The molecule has 0 aliphatic heterocycles. The summed E-state index contributed by atoms with van der Waals surface area (Å²) in [5, 5.41) is 4.03. The molecule has 0 saturated carbocycles. The molecule has 1 aromatic heterocycles. The van der Waals surface area contributed by atoms with Crippen molar-refractivity contribution in [1.82, 2.24) is 5.16 Å². The van der Waals surface area contributed by atoms with Crippen LogP contribution in [0.2, 0.25) is 0 Å². The first kappa shape index (κ1) is 9.97. The molecule has 0 amide bonds. The molecular formula is C9H7F3N2O. The minimum Gasteiger partial charge on any atom is -0.359 e. The summed E-state index contributed by atoms with van der Waals surface area (Å²) in [6.45, 7) is 0.113. The van der Waals surface area contributed by atoms with Crippen LogP contribution in [0.4, 0.5) is 13.2 Å². The molecule has 80 valence electrons. The van der Waals surface area contributed by atoms with Crippen molar-refractivity contribution < 1.29 is 17.7 Å². The zero-order valence-corrected chi connectivity index (χ0v) is 7.51. The molecular weight excluding hydrogens is 209 g/mol. The number of fused-ring (bicyclic) bond motifs is 1. The quantitative estimate of drug-likeness (QED) is 0.795. The van der Waals surface area contributed by atoms with Crippen molar-refractivity contribution in [2.24, 2.45) is 5.73 Å². The lowest BCUT2D eigenvalue weighted by Gasteiger charge is -2.04. The standard InChI is InChI=1S/C9H7F3N2O/c10-9(11,12)5-1-2-6-7(3-5)14-15-8(6)4-13/h1-3H,4,13H2. The van der Waals surface area contributed by atoms with Crippen molar-refractivity contribution >= 4 is 10.9 Å². The lowest BCUT2D eigenvalue weighted by atomic mass is 10.1. The van der Waals surface area contributed by atoms with Gasteiger partial charge in [0.1, 0.15) is 5.52 Å². The van der Waals surface area contributed by atoms with E-state index in [1.165, 1.54) is 6.07 Å². The van der Waals surface area contributed by atoms with Gasteiger partial charge in [0.05, 0.1) is 12.1 Å². The Bertz CT molecular complexity index is 490. The highest BCUT2D eigenvalue weighted by Gasteiger charge is 2.31. The predicted molar refractivity (Wildman–Crippen MR) is 46.9 cm³/mol. The van der Waals surface area contributed by atoms with E-state index in [0.29, 0.717) is 11.1 Å². The molecule has 3 nitrogen and oxygen atoms in total. The van der Waals surface area contributed by atoms with Crippen LogP contribution in [0, 0.1) is 0 Å². The fourth-order valence-corrected chi connectivity index (χ4v) is 1.32. The van der Waals surface area contributed by atoms with Gasteiger partial charge in [0.15, 0.2) is 5.76 Å². The fraction of sp³-hybridized carbons (Fsp3) is 0.222. The smallest absolute Gasteiger partial charge is 0.359 e. The van der Waals surface area contributed by atoms with Gasteiger partial charge >= 0.3 is 6.18 Å². The van der Waals surface area contributed by atoms with Crippen molar-refractivity contribution in [3.63, 3.8) is 0 Å². The average Bonchev–Trinajstić information content (AvgIpc) is 2.58. The molecule has 0 unspecified atom stereocenters. The van der Waals surface area contributed by atoms with Crippen molar-refractivity contribution in [3.05, 3.63) is 29.5 Å². The summed E-state index contributed by atoms with van der Waals surface area (Å²) in [5.74, 6) is 0.388. The normalized spacial score (nSPS) is 12.3. The van der Waals surface area contributed by atoms with E-state index < -0.39 is 11.7 Å². The minimum absolute atomic E-state index is 0.113. The SMILES string of the molecule is NCc1onc2cc(C(F)(F)F)ccc12. The fourth-order valence-electron chi connectivity index (χ4n) is 1.32. The first-order valence-corrected chi connectivity index (χ1v) is 4.18. The van der Waals surface area contributed by atoms with E-state index in [1.54, 1.807) is 0 Å². The molecule has 0 fully saturated rings. The molecule has 1 heterocycles. The van der Waals surface area contributed by atoms with Gasteiger partial charge in [0, 0.05) is 5.39 Å². The van der Waals surface area contributed by atoms with Gasteiger partial charge in [-0.2, -0.15) is 13.2 Å². The molecule has 2 N–H and O–H groups in total. The van der Waals surface area contributed by atoms with Crippen LogP contribution in [0.15, 0.2) is 22.7 Å². The van der Waals surface area contributed by atoms with Gasteiger partial charge in [-0.1, -0.05) is 5.16 Å². The summed E-state index contributed by atoms with van der Waals surface area (Å²) >= 11 is 0. The van der Waals surface area contributed by atoms with Crippen LogP contribution in [0.3, 0.4) is 0 Å². The Kier molecular flexibility index (Phi) is 2.15. The third-order valence-corrected chi connectivity index (χ3v) is 2.07. The zero-order chi connectivity index (χ0) is 11.1. The molecule has 0 aliphatic rings. The Hall–Kier alpha value is -1.56. The second-order valence-electron chi connectivity index (χ2n) is 3.04. The Balaban J connectivity index is 2.58. The lowest BCUT2D eigenvalue weighted by Crippen LogP contribution is -2.04. The number of halogens is 3. The van der Waals surface area contributed by atoms with Crippen LogP contribution in [-0.4, -0.2) is 5.16 Å². The van der Waals surface area contributed by atoms with E-state index in [1.807, 2.05) is 0 Å². The van der Waals surface area contributed by atoms with Crippen LogP contribution in [0.1, 0.15) is 11.3 Å². The minimum atomic E-state index is -4.37. The summed E-state index contributed by atoms with van der Waals surface area (Å²) in [4.78, 5) is 0. The number of hydrogen-bond acceptors (Lipinski definition) is 3. The molecule has 0 aliphatic carbocycles. The lowest BCUT2D eigenvalue weighted by molar-refractivity contribution is -0.137. The molecule has 0 atom stereocenters. The maximum atomic E-state index is 12.3. The number of alkyl halides is 3. The van der Waals surface area contributed by atoms with E-state index in [2.05, 4.69) is 5.16 Å². The molecule has 2 aromatic rings. The molecule has 0 saturated heterocycles. The molecule has 1 aromatic carbocycles. The number of benzene rings is 1. The van der Waals surface area contributed by atoms with Crippen LogP contribution in [-0.2, 0) is 12.7 Å². The average molecular weight is 216 g/mol. The summed E-state index contributed by atoms with van der Waals surface area (Å²) < 4.78 is 41.8. The molecule has 0 bridgehead atoms. The largest absolute Gasteiger partial charge is 0.416 e. The molecule has 0 radical (unpaired) electrons.